The summed E-state index contributed by atoms with van der Waals surface area (Å²) in [6.07, 6.45) is -0.436. The smallest absolute Gasteiger partial charge is 0.0916 e. The summed E-state index contributed by atoms with van der Waals surface area (Å²) >= 11 is 0. The van der Waals surface area contributed by atoms with E-state index >= 15 is 0 Å². The molecule has 1 rings (SSSR count). The average Bonchev–Trinajstić information content (AvgIpc) is 2.28. The van der Waals surface area contributed by atoms with Crippen LogP contribution in [0.3, 0.4) is 0 Å². The summed E-state index contributed by atoms with van der Waals surface area (Å²) in [7, 11) is 0. The van der Waals surface area contributed by atoms with E-state index in [1.165, 1.54) is 0 Å². The van der Waals surface area contributed by atoms with E-state index in [1.54, 1.807) is 0 Å². The molecule has 0 bridgehead atoms. The van der Waals surface area contributed by atoms with E-state index in [9.17, 15) is 5.11 Å². The van der Waals surface area contributed by atoms with Crippen LogP contribution in [0.4, 0.5) is 5.69 Å². The first kappa shape index (κ1) is 14.0. The molecule has 0 aliphatic rings. The molecule has 0 saturated heterocycles. The van der Waals surface area contributed by atoms with Crippen molar-refractivity contribution < 1.29 is 5.11 Å². The molecule has 0 aliphatic heterocycles. The molecule has 0 saturated carbocycles. The van der Waals surface area contributed by atoms with E-state index in [4.69, 9.17) is 5.73 Å². The maximum Gasteiger partial charge on any atom is 0.0916 e. The van der Waals surface area contributed by atoms with Crippen LogP contribution in [0.1, 0.15) is 32.4 Å². The highest BCUT2D eigenvalue weighted by molar-refractivity contribution is 5.39. The Bertz CT molecular complexity index is 321. The van der Waals surface area contributed by atoms with Gasteiger partial charge in [0.2, 0.25) is 0 Å². The standard InChI is InChI=1S/C14H24N2O/c1-4-16(9-11(2)3)10-14(17)12-5-7-13(15)8-6-12/h5-8,11,14,17H,4,9-10,15H2,1-3H3. The molecule has 0 heterocycles. The van der Waals surface area contributed by atoms with E-state index < -0.39 is 6.10 Å². The Morgan fingerprint density at radius 1 is 1.18 bits per heavy atom. The second-order valence-electron chi connectivity index (χ2n) is 4.93. The number of nitrogens with zero attached hydrogens (tertiary/aromatic N) is 1. The van der Waals surface area contributed by atoms with Gasteiger partial charge in [0.1, 0.15) is 0 Å². The van der Waals surface area contributed by atoms with Gasteiger partial charge in [-0.3, -0.25) is 0 Å². The Morgan fingerprint density at radius 2 is 1.76 bits per heavy atom. The van der Waals surface area contributed by atoms with Crippen molar-refractivity contribution in [2.75, 3.05) is 25.4 Å². The number of aliphatic hydroxyl groups excluding tert-OH is 1. The highest BCUT2D eigenvalue weighted by Crippen LogP contribution is 2.16. The fourth-order valence-corrected chi connectivity index (χ4v) is 1.92. The zero-order chi connectivity index (χ0) is 12.8. The number of likely N-dealkylation sites (N-methyl/N-ethyl adjacent to an activating group) is 1. The van der Waals surface area contributed by atoms with Crippen LogP contribution < -0.4 is 5.73 Å². The Labute approximate surface area is 104 Å². The Kier molecular flexibility index (Phi) is 5.45. The molecular weight excluding hydrogens is 212 g/mol. The van der Waals surface area contributed by atoms with Crippen LogP contribution in [-0.4, -0.2) is 29.6 Å². The van der Waals surface area contributed by atoms with Crippen LogP contribution in [0, 0.1) is 5.92 Å². The van der Waals surface area contributed by atoms with Crippen molar-refractivity contribution in [2.24, 2.45) is 5.92 Å². The molecule has 0 fully saturated rings. The van der Waals surface area contributed by atoms with Gasteiger partial charge >= 0.3 is 0 Å². The van der Waals surface area contributed by atoms with Crippen molar-refractivity contribution in [3.05, 3.63) is 29.8 Å². The second kappa shape index (κ2) is 6.62. The number of nitrogen functional groups attached to an aromatic ring is 1. The number of benzene rings is 1. The van der Waals surface area contributed by atoms with Gasteiger partial charge in [0.25, 0.3) is 0 Å². The second-order valence-corrected chi connectivity index (χ2v) is 4.93. The van der Waals surface area contributed by atoms with Crippen molar-refractivity contribution in [1.29, 1.82) is 0 Å². The van der Waals surface area contributed by atoms with Gasteiger partial charge in [-0.2, -0.15) is 0 Å². The fourth-order valence-electron chi connectivity index (χ4n) is 1.92. The molecule has 3 N–H and O–H groups in total. The van der Waals surface area contributed by atoms with Crippen molar-refractivity contribution in [3.8, 4) is 0 Å². The number of nitrogens with two attached hydrogens (primary N) is 1. The maximum atomic E-state index is 10.1. The van der Waals surface area contributed by atoms with Gasteiger partial charge in [0.05, 0.1) is 6.10 Å². The lowest BCUT2D eigenvalue weighted by Gasteiger charge is -2.25. The lowest BCUT2D eigenvalue weighted by atomic mass is 10.1. The molecule has 1 aromatic rings. The van der Waals surface area contributed by atoms with Gasteiger partial charge in [-0.15, -0.1) is 0 Å². The third-order valence-corrected chi connectivity index (χ3v) is 2.82. The molecule has 1 aromatic carbocycles. The van der Waals surface area contributed by atoms with Gasteiger partial charge in [0.15, 0.2) is 0 Å². The molecule has 17 heavy (non-hydrogen) atoms. The number of hydrogen-bond acceptors (Lipinski definition) is 3. The van der Waals surface area contributed by atoms with Crippen molar-refractivity contribution in [1.82, 2.24) is 4.90 Å². The first-order valence-electron chi connectivity index (χ1n) is 6.28. The van der Waals surface area contributed by atoms with Crippen LogP contribution in [0.25, 0.3) is 0 Å². The maximum absolute atomic E-state index is 10.1. The summed E-state index contributed by atoms with van der Waals surface area (Å²) in [5.41, 5.74) is 7.29. The molecular formula is C14H24N2O. The molecule has 0 radical (unpaired) electrons. The topological polar surface area (TPSA) is 49.5 Å². The molecule has 0 spiro atoms. The van der Waals surface area contributed by atoms with Crippen LogP contribution in [-0.2, 0) is 0 Å². The van der Waals surface area contributed by atoms with Gasteiger partial charge in [-0.05, 0) is 30.2 Å². The summed E-state index contributed by atoms with van der Waals surface area (Å²) in [6.45, 7) is 9.17. The van der Waals surface area contributed by atoms with Crippen LogP contribution in [0.2, 0.25) is 0 Å². The lowest BCUT2D eigenvalue weighted by Crippen LogP contribution is -2.31. The number of hydrogen-bond donors (Lipinski definition) is 2. The van der Waals surface area contributed by atoms with Crippen molar-refractivity contribution in [3.63, 3.8) is 0 Å². The minimum absolute atomic E-state index is 0.436. The molecule has 3 heteroatoms. The highest BCUT2D eigenvalue weighted by Gasteiger charge is 2.13. The minimum Gasteiger partial charge on any atom is -0.399 e. The van der Waals surface area contributed by atoms with E-state index in [0.29, 0.717) is 12.5 Å². The monoisotopic (exact) mass is 236 g/mol. The summed E-state index contributed by atoms with van der Waals surface area (Å²) in [4.78, 5) is 2.27. The predicted molar refractivity (Wildman–Crippen MR) is 72.8 cm³/mol. The normalized spacial score (nSPS) is 13.3. The van der Waals surface area contributed by atoms with Crippen molar-refractivity contribution >= 4 is 5.69 Å². The Hall–Kier alpha value is -1.06. The molecule has 0 aliphatic carbocycles. The average molecular weight is 236 g/mol. The minimum atomic E-state index is -0.436. The van der Waals surface area contributed by atoms with E-state index in [0.717, 1.165) is 24.3 Å². The summed E-state index contributed by atoms with van der Waals surface area (Å²) in [5, 5.41) is 10.1. The third-order valence-electron chi connectivity index (χ3n) is 2.82. The summed E-state index contributed by atoms with van der Waals surface area (Å²) in [6, 6.07) is 7.45. The number of aliphatic hydroxyl groups is 1. The van der Waals surface area contributed by atoms with Gasteiger partial charge in [-0.25, -0.2) is 0 Å². The van der Waals surface area contributed by atoms with Gasteiger partial charge in [0, 0.05) is 18.8 Å². The third kappa shape index (κ3) is 4.75. The van der Waals surface area contributed by atoms with Crippen LogP contribution in [0.15, 0.2) is 24.3 Å². The van der Waals surface area contributed by atoms with E-state index in [2.05, 4.69) is 25.7 Å². The fraction of sp³-hybridized carbons (Fsp3) is 0.571. The first-order chi connectivity index (χ1) is 8.02. The summed E-state index contributed by atoms with van der Waals surface area (Å²) < 4.78 is 0. The Morgan fingerprint density at radius 3 is 2.24 bits per heavy atom. The lowest BCUT2D eigenvalue weighted by molar-refractivity contribution is 0.109. The number of rotatable bonds is 6. The molecule has 96 valence electrons. The predicted octanol–water partition coefficient (Wildman–Crippen LogP) is 2.28. The molecule has 1 atom stereocenters. The zero-order valence-electron chi connectivity index (χ0n) is 11.1. The largest absolute Gasteiger partial charge is 0.399 e. The highest BCUT2D eigenvalue weighted by atomic mass is 16.3. The molecule has 0 amide bonds. The quantitative estimate of drug-likeness (QED) is 0.745. The van der Waals surface area contributed by atoms with E-state index in [1.807, 2.05) is 24.3 Å². The molecule has 1 unspecified atom stereocenters. The SMILES string of the molecule is CCN(CC(C)C)CC(O)c1ccc(N)cc1. The van der Waals surface area contributed by atoms with Gasteiger partial charge < -0.3 is 15.7 Å². The summed E-state index contributed by atoms with van der Waals surface area (Å²) in [5.74, 6) is 0.619. The van der Waals surface area contributed by atoms with Crippen LogP contribution >= 0.6 is 0 Å². The molecule has 0 aromatic heterocycles. The van der Waals surface area contributed by atoms with Crippen molar-refractivity contribution in [2.45, 2.75) is 26.9 Å². The van der Waals surface area contributed by atoms with E-state index in [-0.39, 0.29) is 0 Å². The number of anilines is 1. The van der Waals surface area contributed by atoms with Gasteiger partial charge in [-0.1, -0.05) is 32.9 Å². The molecule has 3 nitrogen and oxygen atoms in total. The first-order valence-corrected chi connectivity index (χ1v) is 6.28. The Balaban J connectivity index is 2.57. The zero-order valence-corrected chi connectivity index (χ0v) is 11.1. The van der Waals surface area contributed by atoms with Crippen LogP contribution in [0.5, 0.6) is 0 Å².